The summed E-state index contributed by atoms with van der Waals surface area (Å²) in [6, 6.07) is 8.66. The highest BCUT2D eigenvalue weighted by Gasteiger charge is 2.13. The molecule has 0 aliphatic carbocycles. The highest BCUT2D eigenvalue weighted by atomic mass is 16.5. The number of amides is 1. The number of hydrogen-bond acceptors (Lipinski definition) is 4. The van der Waals surface area contributed by atoms with Gasteiger partial charge >= 0.3 is 0 Å². The van der Waals surface area contributed by atoms with Crippen molar-refractivity contribution < 1.29 is 9.53 Å². The number of aromatic nitrogens is 2. The van der Waals surface area contributed by atoms with Crippen LogP contribution in [0.1, 0.15) is 27.0 Å². The van der Waals surface area contributed by atoms with E-state index >= 15 is 0 Å². The third-order valence-electron chi connectivity index (χ3n) is 3.90. The van der Waals surface area contributed by atoms with Gasteiger partial charge in [0.05, 0.1) is 0 Å². The van der Waals surface area contributed by atoms with Crippen LogP contribution in [0, 0.1) is 13.8 Å². The summed E-state index contributed by atoms with van der Waals surface area (Å²) >= 11 is 0. The summed E-state index contributed by atoms with van der Waals surface area (Å²) in [7, 11) is 0. The average molecular weight is 349 g/mol. The number of carbonyl (C=O) groups is 1. The van der Waals surface area contributed by atoms with Crippen LogP contribution in [-0.4, -0.2) is 15.9 Å². The number of aromatic amines is 1. The number of pyridine rings is 2. The maximum Gasteiger partial charge on any atom is 0.255 e. The van der Waals surface area contributed by atoms with Crippen LogP contribution in [0.4, 0.5) is 5.69 Å². The first-order valence-corrected chi connectivity index (χ1v) is 8.16. The molecule has 1 amide bonds. The number of benzene rings is 1. The van der Waals surface area contributed by atoms with Gasteiger partial charge in [-0.2, -0.15) is 0 Å². The van der Waals surface area contributed by atoms with Crippen molar-refractivity contribution in [3.05, 3.63) is 87.6 Å². The summed E-state index contributed by atoms with van der Waals surface area (Å²) in [5, 5.41) is 2.63. The van der Waals surface area contributed by atoms with E-state index in [0.29, 0.717) is 12.2 Å². The maximum atomic E-state index is 12.4. The Kier molecular flexibility index (Phi) is 5.12. The van der Waals surface area contributed by atoms with Crippen LogP contribution in [0.3, 0.4) is 0 Å². The molecule has 0 radical (unpaired) electrons. The van der Waals surface area contributed by atoms with Crippen molar-refractivity contribution in [2.24, 2.45) is 0 Å². The van der Waals surface area contributed by atoms with Crippen molar-refractivity contribution in [2.45, 2.75) is 20.5 Å². The van der Waals surface area contributed by atoms with E-state index in [4.69, 9.17) is 4.74 Å². The number of hydrogen-bond donors (Lipinski definition) is 2. The Morgan fingerprint density at radius 2 is 2.00 bits per heavy atom. The molecule has 0 saturated carbocycles. The molecule has 6 heteroatoms. The molecule has 0 aliphatic heterocycles. The normalized spacial score (nSPS) is 10.4. The van der Waals surface area contributed by atoms with Crippen LogP contribution < -0.4 is 15.5 Å². The highest BCUT2D eigenvalue weighted by molar-refractivity contribution is 6.04. The summed E-state index contributed by atoms with van der Waals surface area (Å²) < 4.78 is 5.90. The quantitative estimate of drug-likeness (QED) is 0.741. The smallest absolute Gasteiger partial charge is 0.255 e. The lowest BCUT2D eigenvalue weighted by Gasteiger charge is -2.14. The van der Waals surface area contributed by atoms with Crippen LogP contribution in [0.25, 0.3) is 0 Å². The van der Waals surface area contributed by atoms with Crippen LogP contribution >= 0.6 is 0 Å². The van der Waals surface area contributed by atoms with Gasteiger partial charge in [-0.05, 0) is 43.2 Å². The molecule has 132 valence electrons. The molecule has 6 nitrogen and oxygen atoms in total. The molecule has 3 rings (SSSR count). The predicted molar refractivity (Wildman–Crippen MR) is 99.5 cm³/mol. The van der Waals surface area contributed by atoms with Crippen LogP contribution in [0.2, 0.25) is 0 Å². The summed E-state index contributed by atoms with van der Waals surface area (Å²) in [6.07, 6.45) is 6.45. The Balaban J connectivity index is 1.77. The first-order chi connectivity index (χ1) is 12.5. The molecule has 0 atom stereocenters. The standard InChI is InChI=1S/C20H19N3O3/c1-13-8-16(20(25)23-17-11-22-7-5-18(17)24)9-14(2)19(13)26-12-15-4-3-6-21-10-15/h3-11H,12H2,1-2H3,(H,22,24)(H,23,25). The minimum absolute atomic E-state index is 0.213. The molecule has 26 heavy (non-hydrogen) atoms. The molecule has 0 bridgehead atoms. The summed E-state index contributed by atoms with van der Waals surface area (Å²) in [5.74, 6) is 0.398. The van der Waals surface area contributed by atoms with Gasteiger partial charge in [0.2, 0.25) is 5.43 Å². The minimum atomic E-state index is -0.341. The SMILES string of the molecule is Cc1cc(C(=O)Nc2c[nH]ccc2=O)cc(C)c1OCc1cccnc1. The maximum absolute atomic E-state index is 12.4. The number of H-pyrrole nitrogens is 1. The first kappa shape index (κ1) is 17.4. The van der Waals surface area contributed by atoms with Gasteiger partial charge < -0.3 is 15.0 Å². The van der Waals surface area contributed by atoms with Gasteiger partial charge in [-0.3, -0.25) is 14.6 Å². The van der Waals surface area contributed by atoms with E-state index in [9.17, 15) is 9.59 Å². The van der Waals surface area contributed by atoms with E-state index in [0.717, 1.165) is 22.4 Å². The molecule has 0 spiro atoms. The van der Waals surface area contributed by atoms with E-state index < -0.39 is 0 Å². The van der Waals surface area contributed by atoms with Gasteiger partial charge in [0, 0.05) is 42.0 Å². The van der Waals surface area contributed by atoms with Gasteiger partial charge in [-0.25, -0.2) is 0 Å². The molecule has 2 N–H and O–H groups in total. The Hall–Kier alpha value is -3.41. The van der Waals surface area contributed by atoms with E-state index in [2.05, 4.69) is 15.3 Å². The monoisotopic (exact) mass is 349 g/mol. The molecule has 0 aliphatic rings. The lowest BCUT2D eigenvalue weighted by Crippen LogP contribution is -2.18. The Labute approximate surface area is 150 Å². The number of anilines is 1. The van der Waals surface area contributed by atoms with Crippen molar-refractivity contribution in [3.63, 3.8) is 0 Å². The fourth-order valence-electron chi connectivity index (χ4n) is 2.66. The van der Waals surface area contributed by atoms with Crippen LogP contribution in [0.15, 0.2) is 59.9 Å². The van der Waals surface area contributed by atoms with Gasteiger partial charge in [-0.15, -0.1) is 0 Å². The Morgan fingerprint density at radius 3 is 2.65 bits per heavy atom. The fraction of sp³-hybridized carbons (Fsp3) is 0.150. The molecule has 2 aromatic heterocycles. The summed E-state index contributed by atoms with van der Waals surface area (Å²) in [4.78, 5) is 31.0. The van der Waals surface area contributed by atoms with Gasteiger partial charge in [0.25, 0.3) is 5.91 Å². The molecule has 0 fully saturated rings. The van der Waals surface area contributed by atoms with Crippen LogP contribution in [0.5, 0.6) is 5.75 Å². The topological polar surface area (TPSA) is 84.1 Å². The molecule has 2 heterocycles. The minimum Gasteiger partial charge on any atom is -0.488 e. The zero-order chi connectivity index (χ0) is 18.5. The largest absolute Gasteiger partial charge is 0.488 e. The molecule has 3 aromatic rings. The van der Waals surface area contributed by atoms with E-state index in [1.54, 1.807) is 24.5 Å². The number of aryl methyl sites for hydroxylation is 2. The van der Waals surface area contributed by atoms with Crippen molar-refractivity contribution in [1.29, 1.82) is 0 Å². The Morgan fingerprint density at radius 1 is 1.23 bits per heavy atom. The van der Waals surface area contributed by atoms with Crippen molar-refractivity contribution in [3.8, 4) is 5.75 Å². The highest BCUT2D eigenvalue weighted by Crippen LogP contribution is 2.26. The molecular formula is C20H19N3O3. The summed E-state index contributed by atoms with van der Waals surface area (Å²) in [5.41, 5.74) is 3.10. The van der Waals surface area contributed by atoms with Gasteiger partial charge in [-0.1, -0.05) is 6.07 Å². The second kappa shape index (κ2) is 7.65. The third kappa shape index (κ3) is 3.97. The first-order valence-electron chi connectivity index (χ1n) is 8.16. The molecule has 1 aromatic carbocycles. The van der Waals surface area contributed by atoms with E-state index in [-0.39, 0.29) is 17.0 Å². The summed E-state index contributed by atoms with van der Waals surface area (Å²) in [6.45, 7) is 4.18. The van der Waals surface area contributed by atoms with Gasteiger partial charge in [0.1, 0.15) is 18.0 Å². The van der Waals surface area contributed by atoms with E-state index in [1.165, 1.54) is 18.5 Å². The molecular weight excluding hydrogens is 330 g/mol. The molecule has 0 saturated heterocycles. The molecule has 0 unspecified atom stereocenters. The number of rotatable bonds is 5. The fourth-order valence-corrected chi connectivity index (χ4v) is 2.66. The van der Waals surface area contributed by atoms with Crippen molar-refractivity contribution in [2.75, 3.05) is 5.32 Å². The lowest BCUT2D eigenvalue weighted by atomic mass is 10.0. The number of ether oxygens (including phenoxy) is 1. The van der Waals surface area contributed by atoms with E-state index in [1.807, 2.05) is 26.0 Å². The average Bonchev–Trinajstić information content (AvgIpc) is 2.63. The van der Waals surface area contributed by atoms with Crippen molar-refractivity contribution >= 4 is 11.6 Å². The number of nitrogens with zero attached hydrogens (tertiary/aromatic N) is 1. The van der Waals surface area contributed by atoms with Gasteiger partial charge in [0.15, 0.2) is 0 Å². The van der Waals surface area contributed by atoms with Crippen LogP contribution in [-0.2, 0) is 6.61 Å². The number of nitrogens with one attached hydrogen (secondary N) is 2. The zero-order valence-corrected chi connectivity index (χ0v) is 14.6. The third-order valence-corrected chi connectivity index (χ3v) is 3.90. The predicted octanol–water partition coefficient (Wildman–Crippen LogP) is 3.22. The number of carbonyl (C=O) groups excluding carboxylic acids is 1. The second-order valence-electron chi connectivity index (χ2n) is 5.97. The Bertz CT molecular complexity index is 958. The zero-order valence-electron chi connectivity index (χ0n) is 14.6. The second-order valence-corrected chi connectivity index (χ2v) is 5.97. The van der Waals surface area contributed by atoms with Crippen molar-refractivity contribution in [1.82, 2.24) is 9.97 Å². The lowest BCUT2D eigenvalue weighted by molar-refractivity contribution is 0.102.